The quantitative estimate of drug-likeness (QED) is 0.331. The van der Waals surface area contributed by atoms with Crippen LogP contribution in [0.3, 0.4) is 0 Å². The number of nitrogens with one attached hydrogen (secondary N) is 1. The lowest BCUT2D eigenvalue weighted by Gasteiger charge is -2.38. The molecule has 3 amide bonds. The summed E-state index contributed by atoms with van der Waals surface area (Å²) in [7, 11) is 0. The minimum absolute atomic E-state index is 0.125. The largest absolute Gasteiger partial charge is 0.460 e. The number of esters is 1. The van der Waals surface area contributed by atoms with Gasteiger partial charge in [0, 0.05) is 41.9 Å². The smallest absolute Gasteiger partial charge is 0.313 e. The fourth-order valence-corrected chi connectivity index (χ4v) is 7.83. The molecular formula is C33H43BrN4O7. The third-order valence-electron chi connectivity index (χ3n) is 9.40. The Morgan fingerprint density at radius 2 is 1.80 bits per heavy atom. The van der Waals surface area contributed by atoms with Gasteiger partial charge >= 0.3 is 5.97 Å². The van der Waals surface area contributed by atoms with Gasteiger partial charge in [0.15, 0.2) is 0 Å². The molecule has 0 radical (unpaired) electrons. The van der Waals surface area contributed by atoms with Crippen LogP contribution >= 0.6 is 15.9 Å². The van der Waals surface area contributed by atoms with Crippen LogP contribution in [0.4, 0.5) is 11.4 Å². The molecule has 12 heteroatoms. The van der Waals surface area contributed by atoms with Crippen LogP contribution in [-0.4, -0.2) is 96.4 Å². The monoisotopic (exact) mass is 686 g/mol. The zero-order valence-electron chi connectivity index (χ0n) is 26.3. The van der Waals surface area contributed by atoms with Gasteiger partial charge in [-0.1, -0.05) is 35.0 Å². The molecule has 4 heterocycles. The van der Waals surface area contributed by atoms with Crippen LogP contribution in [-0.2, 0) is 28.7 Å². The van der Waals surface area contributed by atoms with Crippen molar-refractivity contribution in [1.29, 1.82) is 0 Å². The van der Waals surface area contributed by atoms with Crippen molar-refractivity contribution >= 4 is 51.0 Å². The number of cyclic esters (lactones) is 1. The molecule has 1 aromatic carbocycles. The van der Waals surface area contributed by atoms with Crippen molar-refractivity contribution in [3.05, 3.63) is 47.0 Å². The molecule has 7 atom stereocenters. The highest BCUT2D eigenvalue weighted by atomic mass is 79.9. The molecule has 0 aliphatic carbocycles. The van der Waals surface area contributed by atoms with E-state index in [9.17, 15) is 24.3 Å². The number of hydrogen-bond acceptors (Lipinski definition) is 8. The summed E-state index contributed by atoms with van der Waals surface area (Å²) in [6.07, 6.45) is 5.10. The molecule has 5 rings (SSSR count). The molecule has 0 aromatic heterocycles. The number of nitrogens with zero attached hydrogens (tertiary/aromatic N) is 3. The average Bonchev–Trinajstić information content (AvgIpc) is 3.62. The van der Waals surface area contributed by atoms with E-state index in [0.29, 0.717) is 23.0 Å². The Kier molecular flexibility index (Phi) is 10.0. The van der Waals surface area contributed by atoms with E-state index >= 15 is 0 Å². The first-order valence-corrected chi connectivity index (χ1v) is 16.7. The van der Waals surface area contributed by atoms with E-state index in [2.05, 4.69) is 40.0 Å². The minimum atomic E-state index is -1.45. The van der Waals surface area contributed by atoms with Crippen molar-refractivity contribution in [2.75, 3.05) is 42.6 Å². The lowest BCUT2D eigenvalue weighted by Crippen LogP contribution is -2.58. The van der Waals surface area contributed by atoms with Crippen molar-refractivity contribution < 1.29 is 33.8 Å². The van der Waals surface area contributed by atoms with E-state index in [1.165, 1.54) is 4.90 Å². The fourth-order valence-electron chi connectivity index (χ4n) is 7.09. The van der Waals surface area contributed by atoms with Gasteiger partial charge in [-0.3, -0.25) is 19.2 Å². The summed E-state index contributed by atoms with van der Waals surface area (Å²) in [5, 5.41) is 13.2. The highest BCUT2D eigenvalue weighted by molar-refractivity contribution is 9.11. The Balaban J connectivity index is 1.63. The number of halogens is 1. The van der Waals surface area contributed by atoms with Crippen LogP contribution in [0.5, 0.6) is 0 Å². The Bertz CT molecular complexity index is 1360. The molecule has 45 heavy (non-hydrogen) atoms. The van der Waals surface area contributed by atoms with Crippen molar-refractivity contribution in [3.8, 4) is 0 Å². The zero-order valence-corrected chi connectivity index (χ0v) is 27.9. The molecule has 11 nitrogen and oxygen atoms in total. The molecular weight excluding hydrogens is 644 g/mol. The number of carbonyl (C=O) groups excluding carboxylic acids is 4. The SMILES string of the molecule is CC[C@@H](CO)N1C(=O)[C@H]2[C@@H]3C(=O)O[C@H](C)CNC(=O)CC/C=C\CN(c4ccc(N(CC)CC)cc4)C(=O)[C@H]1[C@@]21C=C(Br)[C@@H]3O1. The fraction of sp³-hybridized carbons (Fsp3) is 0.576. The van der Waals surface area contributed by atoms with E-state index in [1.54, 1.807) is 17.9 Å². The number of fused-ring (bicyclic) bond motifs is 2. The first-order valence-electron chi connectivity index (χ1n) is 15.9. The summed E-state index contributed by atoms with van der Waals surface area (Å²) in [6, 6.07) is 5.89. The topological polar surface area (TPSA) is 129 Å². The lowest BCUT2D eigenvalue weighted by atomic mass is 9.74. The van der Waals surface area contributed by atoms with E-state index < -0.39 is 53.6 Å². The van der Waals surface area contributed by atoms with Gasteiger partial charge in [-0.2, -0.15) is 0 Å². The Hall–Kier alpha value is -3.22. The highest BCUT2D eigenvalue weighted by Crippen LogP contribution is 2.59. The van der Waals surface area contributed by atoms with E-state index in [0.717, 1.165) is 18.8 Å². The molecule has 1 aromatic rings. The summed E-state index contributed by atoms with van der Waals surface area (Å²) in [5.74, 6) is -3.66. The molecule has 0 unspecified atom stereocenters. The number of allylic oxidation sites excluding steroid dienone is 1. The van der Waals surface area contributed by atoms with Gasteiger partial charge in [-0.05, 0) is 64.0 Å². The number of amides is 3. The van der Waals surface area contributed by atoms with Crippen molar-refractivity contribution in [3.63, 3.8) is 0 Å². The van der Waals surface area contributed by atoms with Crippen LogP contribution in [0.2, 0.25) is 0 Å². The van der Waals surface area contributed by atoms with Crippen molar-refractivity contribution in [2.45, 2.75) is 76.9 Å². The number of ether oxygens (including phenoxy) is 2. The minimum Gasteiger partial charge on any atom is -0.460 e. The molecule has 5 bridgehead atoms. The first kappa shape index (κ1) is 33.2. The Morgan fingerprint density at radius 1 is 1.09 bits per heavy atom. The molecule has 1 spiro atoms. The van der Waals surface area contributed by atoms with Crippen molar-refractivity contribution in [1.82, 2.24) is 10.2 Å². The number of benzene rings is 1. The van der Waals surface area contributed by atoms with Crippen LogP contribution in [0.25, 0.3) is 0 Å². The van der Waals surface area contributed by atoms with Gasteiger partial charge in [-0.15, -0.1) is 0 Å². The van der Waals surface area contributed by atoms with E-state index in [-0.39, 0.29) is 37.9 Å². The number of hydrogen-bond donors (Lipinski definition) is 2. The maximum absolute atomic E-state index is 14.9. The Morgan fingerprint density at radius 3 is 2.44 bits per heavy atom. The number of likely N-dealkylation sites (tertiary alicyclic amines) is 1. The molecule has 2 fully saturated rings. The van der Waals surface area contributed by atoms with Gasteiger partial charge in [-0.25, -0.2) is 0 Å². The number of carbonyl (C=O) groups is 4. The van der Waals surface area contributed by atoms with Crippen LogP contribution in [0, 0.1) is 11.8 Å². The predicted octanol–water partition coefficient (Wildman–Crippen LogP) is 2.91. The summed E-state index contributed by atoms with van der Waals surface area (Å²) >= 11 is 3.56. The Labute approximate surface area is 272 Å². The maximum Gasteiger partial charge on any atom is 0.313 e. The number of rotatable bonds is 7. The number of aliphatic hydroxyl groups excluding tert-OH is 1. The third-order valence-corrected chi connectivity index (χ3v) is 10.1. The summed E-state index contributed by atoms with van der Waals surface area (Å²) in [5.41, 5.74) is 0.199. The molecule has 244 valence electrons. The second kappa shape index (κ2) is 13.6. The second-order valence-corrected chi connectivity index (χ2v) is 12.9. The number of aliphatic hydroxyl groups is 1. The lowest BCUT2D eigenvalue weighted by molar-refractivity contribution is -0.159. The summed E-state index contributed by atoms with van der Waals surface area (Å²) in [4.78, 5) is 60.7. The molecule has 0 saturated carbocycles. The number of anilines is 2. The van der Waals surface area contributed by atoms with Gasteiger partial charge < -0.3 is 34.6 Å². The van der Waals surface area contributed by atoms with Crippen molar-refractivity contribution in [2.24, 2.45) is 11.8 Å². The second-order valence-electron chi connectivity index (χ2n) is 12.0. The predicted molar refractivity (Wildman–Crippen MR) is 173 cm³/mol. The standard InChI is InChI=1S/C33H43BrN4O7/c1-5-21(19-39)38-29-31(42)37(23-14-12-22(13-15-23)36(6-2)7-3)16-10-8-9-11-25(40)35-18-20(4)44-32(43)26-27(30(38)41)33(29)17-24(34)28(26)45-33/h8,10,12-15,17,20-21,26-29,39H,5-7,9,11,16,18-19H2,1-4H3,(H,35,40)/b10-8-/t20-,21+,26+,27-,28+,29+,33-/m1/s1. The first-order chi connectivity index (χ1) is 21.6. The third kappa shape index (κ3) is 5.92. The average molecular weight is 688 g/mol. The summed E-state index contributed by atoms with van der Waals surface area (Å²) < 4.78 is 12.9. The molecule has 4 aliphatic heterocycles. The van der Waals surface area contributed by atoms with Crippen LogP contribution < -0.4 is 15.1 Å². The van der Waals surface area contributed by atoms with Crippen LogP contribution in [0.1, 0.15) is 47.0 Å². The molecule has 2 N–H and O–H groups in total. The highest BCUT2D eigenvalue weighted by Gasteiger charge is 2.75. The van der Waals surface area contributed by atoms with Crippen LogP contribution in [0.15, 0.2) is 47.0 Å². The summed E-state index contributed by atoms with van der Waals surface area (Å²) in [6.45, 7) is 9.30. The van der Waals surface area contributed by atoms with Gasteiger partial charge in [0.05, 0.1) is 25.1 Å². The molecule has 2 saturated heterocycles. The maximum atomic E-state index is 14.9. The van der Waals surface area contributed by atoms with Gasteiger partial charge in [0.1, 0.15) is 29.8 Å². The normalized spacial score (nSPS) is 31.8. The zero-order chi connectivity index (χ0) is 32.5. The van der Waals surface area contributed by atoms with E-state index in [1.807, 2.05) is 43.3 Å². The molecule has 4 aliphatic rings. The van der Waals surface area contributed by atoms with E-state index in [4.69, 9.17) is 9.47 Å². The van der Waals surface area contributed by atoms with Gasteiger partial charge in [0.25, 0.3) is 5.91 Å². The van der Waals surface area contributed by atoms with Gasteiger partial charge in [0.2, 0.25) is 11.8 Å².